The van der Waals surface area contributed by atoms with Crippen molar-refractivity contribution in [1.29, 1.82) is 0 Å². The summed E-state index contributed by atoms with van der Waals surface area (Å²) in [5.41, 5.74) is 1.36. The Kier molecular flexibility index (Phi) is 90.0. The van der Waals surface area contributed by atoms with Crippen LogP contribution >= 0.6 is 25.3 Å². The zero-order valence-corrected chi connectivity index (χ0v) is 28.3. The van der Waals surface area contributed by atoms with E-state index in [4.69, 9.17) is 28.1 Å². The summed E-state index contributed by atoms with van der Waals surface area (Å²) in [5.74, 6) is 4.62. The van der Waals surface area contributed by atoms with Crippen molar-refractivity contribution >= 4 is 63.1 Å². The number of carbonyl (C=O) groups excluding carboxylic acids is 2. The van der Waals surface area contributed by atoms with E-state index in [1.807, 2.05) is 0 Å². The molecular weight excluding hydrogens is 708 g/mol. The molecule has 0 spiro atoms. The van der Waals surface area contributed by atoms with E-state index in [9.17, 15) is 9.59 Å². The van der Waals surface area contributed by atoms with Crippen molar-refractivity contribution in [3.8, 4) is 11.8 Å². The van der Waals surface area contributed by atoms with Crippen LogP contribution in [0.3, 0.4) is 0 Å². The number of hydrogen-bond acceptors (Lipinski definition) is 10. The van der Waals surface area contributed by atoms with Gasteiger partial charge in [0.05, 0.1) is 14.2 Å². The Morgan fingerprint density at radius 1 is 0.690 bits per heavy atom. The van der Waals surface area contributed by atoms with Gasteiger partial charge in [-0.3, -0.25) is 12.6 Å². The van der Waals surface area contributed by atoms with Crippen LogP contribution in [0, 0.1) is 26.6 Å². The van der Waals surface area contributed by atoms with Gasteiger partial charge in [-0.1, -0.05) is 25.0 Å². The van der Waals surface area contributed by atoms with E-state index in [-0.39, 0.29) is 47.0 Å². The topological polar surface area (TPSA) is 158 Å². The summed E-state index contributed by atoms with van der Waals surface area (Å²) in [6.07, 6.45) is 6.11. The van der Waals surface area contributed by atoms with Crippen molar-refractivity contribution < 1.29 is 71.8 Å². The minimum Gasteiger partial charge on any atom is -0.793 e. The summed E-state index contributed by atoms with van der Waals surface area (Å²) in [7, 11) is 3.08. The molecule has 0 atom stereocenters. The Hall–Kier alpha value is -1.36. The predicted molar refractivity (Wildman–Crippen MR) is 157 cm³/mol. The summed E-state index contributed by atoms with van der Waals surface area (Å²) < 4.78 is 39.7. The molecule has 2 heterocycles. The van der Waals surface area contributed by atoms with Gasteiger partial charge < -0.3 is 44.3 Å². The van der Waals surface area contributed by atoms with Gasteiger partial charge in [-0.2, -0.15) is 36.8 Å². The van der Waals surface area contributed by atoms with Crippen LogP contribution in [0.25, 0.3) is 0 Å². The summed E-state index contributed by atoms with van der Waals surface area (Å²) in [4.78, 5) is 27.9. The Morgan fingerprint density at radius 2 is 0.976 bits per heavy atom. The first-order valence-corrected chi connectivity index (χ1v) is 12.9. The second kappa shape index (κ2) is 63.0. The Morgan fingerprint density at radius 3 is 1.14 bits per heavy atom. The van der Waals surface area contributed by atoms with Crippen LogP contribution in [0.1, 0.15) is 24.2 Å². The van der Waals surface area contributed by atoms with Gasteiger partial charge in [0.1, 0.15) is 0 Å². The molecule has 2 aromatic heterocycles. The molecule has 0 bridgehead atoms. The van der Waals surface area contributed by atoms with Crippen molar-refractivity contribution in [2.45, 2.75) is 25.7 Å². The third-order valence-corrected chi connectivity index (χ3v) is 4.30. The van der Waals surface area contributed by atoms with Gasteiger partial charge in [0.25, 0.3) is 0 Å². The minimum atomic E-state index is 0. The Balaban J connectivity index is -0.0000000581. The van der Waals surface area contributed by atoms with Crippen molar-refractivity contribution in [2.24, 2.45) is 0 Å². The van der Waals surface area contributed by atoms with Crippen molar-refractivity contribution in [1.82, 2.24) is 9.97 Å². The average Bonchev–Trinajstić information content (AvgIpc) is 3.03. The minimum absolute atomic E-state index is 0. The number of thiol groups is 2. The molecule has 0 unspecified atom stereocenters. The van der Waals surface area contributed by atoms with Gasteiger partial charge in [-0.05, 0) is 23.6 Å². The Bertz CT molecular complexity index is 806. The number of ether oxygens (including phenoxy) is 2. The molecule has 232 valence electrons. The number of methoxy groups -OCH3 is 2. The number of hydrogen-bond donors (Lipinski definition) is 2. The second-order valence-corrected chi connectivity index (χ2v) is 7.26. The zero-order chi connectivity index (χ0) is 32.5. The third-order valence-electron chi connectivity index (χ3n) is 3.09. The number of nitrogens with zero attached hydrogens (tertiary/aromatic N) is 2. The Labute approximate surface area is 292 Å². The molecule has 10 nitrogen and oxygen atoms in total. The number of rotatable bonds is 10. The fourth-order valence-corrected chi connectivity index (χ4v) is 2.65. The van der Waals surface area contributed by atoms with E-state index in [1.54, 1.807) is 49.0 Å². The van der Waals surface area contributed by atoms with E-state index in [1.165, 1.54) is 14.2 Å². The SMILES string of the molecule is COc1cccc(C[C-]=O)n1.COc1cccc(C[C-]=O)n1.[C-]#[O+].[C-]#[O+].[C-]#[O+].[C-]#[O+].[Fe+2].[Fe+2].[S-]CCCS.[S-]CCCS. The van der Waals surface area contributed by atoms with Crippen molar-refractivity contribution in [2.75, 3.05) is 37.2 Å². The van der Waals surface area contributed by atoms with Gasteiger partial charge in [-0.25, -0.2) is 9.97 Å². The predicted octanol–water partition coefficient (Wildman–Crippen LogP) is 3.04. The molecule has 0 radical (unpaired) electrons. The van der Waals surface area contributed by atoms with Crippen LogP contribution < -0.4 is 9.47 Å². The van der Waals surface area contributed by atoms with E-state index >= 15 is 0 Å². The maximum absolute atomic E-state index is 9.97. The van der Waals surface area contributed by atoms with Gasteiger partial charge >= 0.3 is 79.3 Å². The van der Waals surface area contributed by atoms with Crippen LogP contribution in [-0.4, -0.2) is 59.8 Å². The first kappa shape index (κ1) is 59.9. The molecule has 0 aliphatic heterocycles. The molecular formula is C26H30Fe2N2O8S4. The molecule has 0 amide bonds. The zero-order valence-electron chi connectivity index (χ0n) is 22.7. The van der Waals surface area contributed by atoms with Crippen LogP contribution in [0.5, 0.6) is 11.8 Å². The van der Waals surface area contributed by atoms with E-state index < -0.39 is 0 Å². The van der Waals surface area contributed by atoms with E-state index in [0.29, 0.717) is 23.1 Å². The van der Waals surface area contributed by atoms with Crippen molar-refractivity contribution in [3.63, 3.8) is 0 Å². The molecule has 42 heavy (non-hydrogen) atoms. The molecule has 16 heteroatoms. The summed E-state index contributed by atoms with van der Waals surface area (Å²) >= 11 is 17.1. The number of pyridine rings is 2. The summed E-state index contributed by atoms with van der Waals surface area (Å²) in [6, 6.07) is 10.6. The van der Waals surface area contributed by atoms with Gasteiger partial charge in [0.15, 0.2) is 0 Å². The normalized spacial score (nSPS) is 7.00. The molecule has 0 aromatic carbocycles. The van der Waals surface area contributed by atoms with Crippen LogP contribution in [0.2, 0.25) is 0 Å². The van der Waals surface area contributed by atoms with E-state index in [0.717, 1.165) is 35.9 Å². The maximum Gasteiger partial charge on any atom is 2.00 e. The monoisotopic (exact) mass is 738 g/mol. The fourth-order valence-electron chi connectivity index (χ4n) is 1.62. The van der Waals surface area contributed by atoms with Gasteiger partial charge in [0.2, 0.25) is 11.8 Å². The largest absolute Gasteiger partial charge is 2.00 e. The quantitative estimate of drug-likeness (QED) is 0.124. The van der Waals surface area contributed by atoms with Gasteiger partial charge in [0, 0.05) is 23.5 Å². The first-order chi connectivity index (χ1) is 19.6. The first-order valence-electron chi connectivity index (χ1n) is 10.5. The average molecular weight is 738 g/mol. The van der Waals surface area contributed by atoms with Crippen molar-refractivity contribution in [3.05, 3.63) is 74.4 Å². The summed E-state index contributed by atoms with van der Waals surface area (Å²) in [6.45, 7) is 18.0. The van der Waals surface area contributed by atoms with E-state index in [2.05, 4.69) is 87.1 Å². The smallest absolute Gasteiger partial charge is 0.793 e. The van der Waals surface area contributed by atoms with Crippen LogP contribution in [-0.2, 0) is 100 Å². The van der Waals surface area contributed by atoms with Gasteiger partial charge in [-0.15, -0.1) is 12.8 Å². The number of aromatic nitrogens is 2. The standard InChI is InChI=1S/2C8H8NO2.2C3H8S2.4CO.2Fe/c2*1-11-8-4-2-3-7(9-8)5-6-10;2*4-2-1-3-5;4*1-2;;/h2*2-4H,5H2,1H3;2*4-5H,1-3H2;;;;;;/q2*-1;;;;;;;2*+2/p-2. The molecule has 0 N–H and O–H groups in total. The molecule has 0 saturated carbocycles. The molecule has 0 saturated heterocycles. The second-order valence-electron chi connectivity index (χ2n) is 5.55. The van der Waals surface area contributed by atoms with Crippen LogP contribution in [0.4, 0.5) is 0 Å². The fraction of sp³-hybridized carbons (Fsp3) is 0.385. The summed E-state index contributed by atoms with van der Waals surface area (Å²) in [5, 5.41) is 0. The molecule has 0 fully saturated rings. The molecule has 0 aliphatic carbocycles. The molecule has 2 aromatic rings. The third kappa shape index (κ3) is 51.4. The maximum atomic E-state index is 9.97. The van der Waals surface area contributed by atoms with Crippen LogP contribution in [0.15, 0.2) is 36.4 Å². The molecule has 2 rings (SSSR count). The molecule has 0 aliphatic rings.